The summed E-state index contributed by atoms with van der Waals surface area (Å²) in [6.07, 6.45) is 6.39. The van der Waals surface area contributed by atoms with Gasteiger partial charge in [0.2, 0.25) is 10.0 Å². The minimum Gasteiger partial charge on any atom is -0.380 e. The van der Waals surface area contributed by atoms with Gasteiger partial charge in [0.25, 0.3) is 0 Å². The fourth-order valence-corrected chi connectivity index (χ4v) is 3.65. The monoisotopic (exact) mass is 382 g/mol. The fourth-order valence-electron chi connectivity index (χ4n) is 2.58. The van der Waals surface area contributed by atoms with Crippen molar-refractivity contribution in [2.75, 3.05) is 15.8 Å². The average Bonchev–Trinajstić information content (AvgIpc) is 2.69. The maximum atomic E-state index is 12.2. The Balaban J connectivity index is 1.47. The van der Waals surface area contributed by atoms with Gasteiger partial charge in [-0.15, -0.1) is 0 Å². The molecule has 2 aromatic heterocycles. The topological polar surface area (TPSA) is 84.0 Å². The van der Waals surface area contributed by atoms with Crippen LogP contribution < -0.4 is 10.0 Å². The molecule has 0 spiro atoms. The number of aryl methyl sites for hydroxylation is 1. The molecule has 1 aromatic carbocycles. The van der Waals surface area contributed by atoms with Crippen LogP contribution >= 0.6 is 0 Å². The third-order valence-corrected chi connectivity index (χ3v) is 5.34. The maximum absolute atomic E-state index is 12.2. The zero-order chi connectivity index (χ0) is 19.0. The van der Waals surface area contributed by atoms with Gasteiger partial charge in [-0.1, -0.05) is 30.3 Å². The number of rotatable bonds is 9. The van der Waals surface area contributed by atoms with Crippen molar-refractivity contribution in [3.63, 3.8) is 0 Å². The van der Waals surface area contributed by atoms with E-state index in [1.54, 1.807) is 30.7 Å². The minimum atomic E-state index is -3.41. The van der Waals surface area contributed by atoms with Gasteiger partial charge in [-0.2, -0.15) is 0 Å². The smallest absolute Gasteiger partial charge is 0.233 e. The molecule has 27 heavy (non-hydrogen) atoms. The molecule has 0 fully saturated rings. The largest absolute Gasteiger partial charge is 0.380 e. The van der Waals surface area contributed by atoms with Crippen LogP contribution in [0.15, 0.2) is 73.2 Å². The lowest BCUT2D eigenvalue weighted by molar-refractivity contribution is 0.598. The molecule has 0 aliphatic carbocycles. The molecule has 3 rings (SSSR count). The van der Waals surface area contributed by atoms with Gasteiger partial charge in [0.15, 0.2) is 0 Å². The number of anilines is 2. The van der Waals surface area contributed by atoms with Crippen molar-refractivity contribution in [2.45, 2.75) is 19.4 Å². The molecule has 0 saturated carbocycles. The van der Waals surface area contributed by atoms with Crippen LogP contribution in [0.1, 0.15) is 17.5 Å². The van der Waals surface area contributed by atoms with Crippen LogP contribution in [0.4, 0.5) is 11.5 Å². The van der Waals surface area contributed by atoms with Gasteiger partial charge >= 0.3 is 0 Å². The first-order valence-corrected chi connectivity index (χ1v) is 10.4. The Bertz CT molecular complexity index is 931. The average molecular weight is 382 g/mol. The Morgan fingerprint density at radius 1 is 0.889 bits per heavy atom. The van der Waals surface area contributed by atoms with Crippen LogP contribution in [-0.4, -0.2) is 24.1 Å². The lowest BCUT2D eigenvalue weighted by Crippen LogP contribution is -2.18. The van der Waals surface area contributed by atoms with Crippen molar-refractivity contribution in [2.24, 2.45) is 0 Å². The molecule has 0 bridgehead atoms. The van der Waals surface area contributed by atoms with Crippen molar-refractivity contribution in [3.8, 4) is 0 Å². The molecule has 0 aliphatic heterocycles. The van der Waals surface area contributed by atoms with Gasteiger partial charge < -0.3 is 5.32 Å². The number of aromatic nitrogens is 2. The van der Waals surface area contributed by atoms with E-state index in [9.17, 15) is 8.42 Å². The van der Waals surface area contributed by atoms with Crippen molar-refractivity contribution in [3.05, 3.63) is 84.3 Å². The minimum absolute atomic E-state index is 0.0611. The number of benzene rings is 1. The number of nitrogens with one attached hydrogen (secondary N) is 2. The summed E-state index contributed by atoms with van der Waals surface area (Å²) >= 11 is 0. The molecule has 0 unspecified atom stereocenters. The van der Waals surface area contributed by atoms with Gasteiger partial charge in [-0.3, -0.25) is 9.71 Å². The lowest BCUT2D eigenvalue weighted by atomic mass is 10.1. The normalized spacial score (nSPS) is 11.1. The van der Waals surface area contributed by atoms with Gasteiger partial charge in [0, 0.05) is 18.9 Å². The lowest BCUT2D eigenvalue weighted by Gasteiger charge is -2.09. The van der Waals surface area contributed by atoms with E-state index in [0.717, 1.165) is 23.2 Å². The second kappa shape index (κ2) is 9.14. The second-order valence-corrected chi connectivity index (χ2v) is 7.99. The van der Waals surface area contributed by atoms with Crippen LogP contribution in [0.25, 0.3) is 0 Å². The Labute approximate surface area is 159 Å². The van der Waals surface area contributed by atoms with Crippen LogP contribution in [0.3, 0.4) is 0 Å². The summed E-state index contributed by atoms with van der Waals surface area (Å²) in [5.41, 5.74) is 3.06. The van der Waals surface area contributed by atoms with E-state index in [-0.39, 0.29) is 5.75 Å². The SMILES string of the molecule is O=S(=O)(CCCc1ccccc1)Nc1ccc(NCc2ccncc2)cn1. The van der Waals surface area contributed by atoms with Gasteiger partial charge in [0.05, 0.1) is 17.6 Å². The number of hydrogen-bond donors (Lipinski definition) is 2. The molecule has 0 saturated heterocycles. The van der Waals surface area contributed by atoms with E-state index in [0.29, 0.717) is 18.8 Å². The van der Waals surface area contributed by atoms with E-state index in [1.165, 1.54) is 0 Å². The van der Waals surface area contributed by atoms with E-state index in [2.05, 4.69) is 20.0 Å². The second-order valence-electron chi connectivity index (χ2n) is 6.15. The summed E-state index contributed by atoms with van der Waals surface area (Å²) < 4.78 is 27.0. The molecule has 0 aliphatic rings. The Morgan fingerprint density at radius 2 is 1.67 bits per heavy atom. The summed E-state index contributed by atoms with van der Waals surface area (Å²) in [6.45, 7) is 0.648. The predicted octanol–water partition coefficient (Wildman–Crippen LogP) is 3.46. The zero-order valence-electron chi connectivity index (χ0n) is 14.9. The van der Waals surface area contributed by atoms with Crippen LogP contribution in [0, 0.1) is 0 Å². The molecule has 2 N–H and O–H groups in total. The van der Waals surface area contributed by atoms with Gasteiger partial charge in [-0.05, 0) is 48.2 Å². The van der Waals surface area contributed by atoms with Crippen LogP contribution in [0.2, 0.25) is 0 Å². The molecule has 7 heteroatoms. The highest BCUT2D eigenvalue weighted by Gasteiger charge is 2.11. The summed E-state index contributed by atoms with van der Waals surface area (Å²) in [4.78, 5) is 8.16. The molecule has 0 radical (unpaired) electrons. The number of sulfonamides is 1. The fraction of sp³-hybridized carbons (Fsp3) is 0.200. The van der Waals surface area contributed by atoms with E-state index in [1.807, 2.05) is 42.5 Å². The quantitative estimate of drug-likeness (QED) is 0.592. The summed E-state index contributed by atoms with van der Waals surface area (Å²) in [5, 5.41) is 3.24. The number of nitrogens with zero attached hydrogens (tertiary/aromatic N) is 2. The molecule has 3 aromatic rings. The van der Waals surface area contributed by atoms with E-state index < -0.39 is 10.0 Å². The molecular weight excluding hydrogens is 360 g/mol. The third kappa shape index (κ3) is 6.38. The standard InChI is InChI=1S/C20H22N4O2S/c25-27(26,14-4-7-17-5-2-1-3-6-17)24-20-9-8-19(16-23-20)22-15-18-10-12-21-13-11-18/h1-3,5-6,8-13,16,22H,4,7,14-15H2,(H,23,24). The molecule has 6 nitrogen and oxygen atoms in total. The summed E-state index contributed by atoms with van der Waals surface area (Å²) in [6, 6.07) is 17.2. The van der Waals surface area contributed by atoms with Crippen LogP contribution in [0.5, 0.6) is 0 Å². The van der Waals surface area contributed by atoms with Crippen molar-refractivity contribution < 1.29 is 8.42 Å². The molecular formula is C20H22N4O2S. The first kappa shape index (κ1) is 18.8. The first-order valence-electron chi connectivity index (χ1n) is 8.74. The van der Waals surface area contributed by atoms with Crippen molar-refractivity contribution >= 4 is 21.5 Å². The highest BCUT2D eigenvalue weighted by Crippen LogP contribution is 2.13. The Kier molecular flexibility index (Phi) is 6.38. The number of hydrogen-bond acceptors (Lipinski definition) is 5. The maximum Gasteiger partial charge on any atom is 0.233 e. The van der Waals surface area contributed by atoms with Crippen molar-refractivity contribution in [1.82, 2.24) is 9.97 Å². The molecule has 0 atom stereocenters. The zero-order valence-corrected chi connectivity index (χ0v) is 15.7. The Hall–Kier alpha value is -2.93. The van der Waals surface area contributed by atoms with E-state index in [4.69, 9.17) is 0 Å². The molecule has 0 amide bonds. The number of pyridine rings is 2. The van der Waals surface area contributed by atoms with Gasteiger partial charge in [0.1, 0.15) is 5.82 Å². The molecule has 2 heterocycles. The Morgan fingerprint density at radius 3 is 2.37 bits per heavy atom. The predicted molar refractivity (Wildman–Crippen MR) is 108 cm³/mol. The highest BCUT2D eigenvalue weighted by molar-refractivity contribution is 7.92. The van der Waals surface area contributed by atoms with Crippen molar-refractivity contribution in [1.29, 1.82) is 0 Å². The van der Waals surface area contributed by atoms with Gasteiger partial charge in [-0.25, -0.2) is 13.4 Å². The highest BCUT2D eigenvalue weighted by atomic mass is 32.2. The summed E-state index contributed by atoms with van der Waals surface area (Å²) in [7, 11) is -3.41. The molecule has 140 valence electrons. The summed E-state index contributed by atoms with van der Waals surface area (Å²) in [5.74, 6) is 0.384. The first-order chi connectivity index (χ1) is 13.1. The third-order valence-electron chi connectivity index (χ3n) is 3.99. The van der Waals surface area contributed by atoms with E-state index >= 15 is 0 Å². The van der Waals surface area contributed by atoms with Crippen LogP contribution in [-0.2, 0) is 23.0 Å².